The van der Waals surface area contributed by atoms with Crippen LogP contribution in [0.25, 0.3) is 0 Å². The second kappa shape index (κ2) is 4.34. The van der Waals surface area contributed by atoms with Crippen molar-refractivity contribution in [3.8, 4) is 0 Å². The molecule has 1 rings (SSSR count). The predicted molar refractivity (Wildman–Crippen MR) is 58.6 cm³/mol. The third-order valence-corrected chi connectivity index (χ3v) is 3.65. The summed E-state index contributed by atoms with van der Waals surface area (Å²) in [5.74, 6) is 0. The highest BCUT2D eigenvalue weighted by atomic mass is 79.9. The van der Waals surface area contributed by atoms with Gasteiger partial charge < -0.3 is 0 Å². The van der Waals surface area contributed by atoms with Crippen LogP contribution in [0.1, 0.15) is 21.5 Å². The lowest BCUT2D eigenvalue weighted by Crippen LogP contribution is -2.15. The van der Waals surface area contributed by atoms with Crippen molar-refractivity contribution in [3.63, 3.8) is 0 Å². The number of hydrogen-bond acceptors (Lipinski definition) is 0. The lowest BCUT2D eigenvalue weighted by molar-refractivity contribution is -0.128. The SMILES string of the molecule is Cc1cc(C(Br)C(F)(F)F)cc(Cl)c1C. The summed E-state index contributed by atoms with van der Waals surface area (Å²) in [5.41, 5.74) is 1.70. The molecule has 1 atom stereocenters. The zero-order valence-electron chi connectivity index (χ0n) is 8.12. The molecule has 0 aliphatic rings. The zero-order chi connectivity index (χ0) is 11.8. The Balaban J connectivity index is 3.17. The van der Waals surface area contributed by atoms with Gasteiger partial charge in [-0.2, -0.15) is 13.2 Å². The van der Waals surface area contributed by atoms with Crippen LogP contribution in [-0.4, -0.2) is 6.18 Å². The monoisotopic (exact) mass is 300 g/mol. The van der Waals surface area contributed by atoms with Crippen molar-refractivity contribution in [2.75, 3.05) is 0 Å². The van der Waals surface area contributed by atoms with E-state index in [0.717, 1.165) is 11.1 Å². The molecule has 1 unspecified atom stereocenters. The van der Waals surface area contributed by atoms with Gasteiger partial charge in [0.2, 0.25) is 0 Å². The van der Waals surface area contributed by atoms with Gasteiger partial charge in [-0.25, -0.2) is 0 Å². The molecule has 0 spiro atoms. The topological polar surface area (TPSA) is 0 Å². The van der Waals surface area contributed by atoms with Crippen LogP contribution in [0.5, 0.6) is 0 Å². The second-order valence-corrected chi connectivity index (χ2v) is 4.67. The number of rotatable bonds is 1. The molecule has 0 bridgehead atoms. The van der Waals surface area contributed by atoms with E-state index in [1.54, 1.807) is 13.8 Å². The molecular weight excluding hydrogens is 292 g/mol. The Morgan fingerprint density at radius 1 is 1.27 bits per heavy atom. The van der Waals surface area contributed by atoms with Gasteiger partial charge in [0.25, 0.3) is 0 Å². The molecule has 0 aliphatic carbocycles. The van der Waals surface area contributed by atoms with E-state index in [4.69, 9.17) is 11.6 Å². The van der Waals surface area contributed by atoms with E-state index in [1.165, 1.54) is 12.1 Å². The summed E-state index contributed by atoms with van der Waals surface area (Å²) >= 11 is 8.44. The molecule has 0 saturated carbocycles. The van der Waals surface area contributed by atoms with E-state index in [0.29, 0.717) is 5.02 Å². The summed E-state index contributed by atoms with van der Waals surface area (Å²) in [5, 5.41) is 0.360. The fourth-order valence-corrected chi connectivity index (χ4v) is 1.72. The van der Waals surface area contributed by atoms with Crippen molar-refractivity contribution in [2.45, 2.75) is 24.9 Å². The zero-order valence-corrected chi connectivity index (χ0v) is 10.5. The van der Waals surface area contributed by atoms with Gasteiger partial charge >= 0.3 is 6.18 Å². The molecule has 0 fully saturated rings. The third-order valence-electron chi connectivity index (χ3n) is 2.21. The molecule has 1 aromatic rings. The highest BCUT2D eigenvalue weighted by Gasteiger charge is 2.39. The van der Waals surface area contributed by atoms with Crippen molar-refractivity contribution in [2.24, 2.45) is 0 Å². The smallest absolute Gasteiger partial charge is 0.169 e. The van der Waals surface area contributed by atoms with Crippen molar-refractivity contribution in [3.05, 3.63) is 33.8 Å². The summed E-state index contributed by atoms with van der Waals surface area (Å²) in [6.45, 7) is 3.51. The standard InChI is InChI=1S/C10H9BrClF3/c1-5-3-7(4-8(12)6(5)2)9(11)10(13,14)15/h3-4,9H,1-2H3. The first-order valence-electron chi connectivity index (χ1n) is 4.21. The van der Waals surface area contributed by atoms with Crippen LogP contribution in [0.4, 0.5) is 13.2 Å². The molecule has 15 heavy (non-hydrogen) atoms. The van der Waals surface area contributed by atoms with Gasteiger partial charge in [-0.05, 0) is 36.6 Å². The lowest BCUT2D eigenvalue weighted by Gasteiger charge is -2.16. The van der Waals surface area contributed by atoms with Gasteiger partial charge in [-0.15, -0.1) is 0 Å². The highest BCUT2D eigenvalue weighted by molar-refractivity contribution is 9.09. The van der Waals surface area contributed by atoms with Crippen LogP contribution in [0, 0.1) is 13.8 Å². The molecule has 0 saturated heterocycles. The maximum absolute atomic E-state index is 12.4. The van der Waals surface area contributed by atoms with Gasteiger partial charge in [0.05, 0.1) is 0 Å². The molecule has 5 heteroatoms. The van der Waals surface area contributed by atoms with E-state index in [9.17, 15) is 13.2 Å². The number of aryl methyl sites for hydroxylation is 1. The Kier molecular flexibility index (Phi) is 3.71. The van der Waals surface area contributed by atoms with Crippen LogP contribution in [-0.2, 0) is 0 Å². The minimum absolute atomic E-state index is 0.135. The second-order valence-electron chi connectivity index (χ2n) is 3.35. The maximum atomic E-state index is 12.4. The third kappa shape index (κ3) is 2.88. The minimum Gasteiger partial charge on any atom is -0.169 e. The number of halogens is 5. The molecule has 0 amide bonds. The van der Waals surface area contributed by atoms with E-state index in [-0.39, 0.29) is 5.56 Å². The minimum atomic E-state index is -4.30. The summed E-state index contributed by atoms with van der Waals surface area (Å²) in [6, 6.07) is 2.84. The maximum Gasteiger partial charge on any atom is 0.405 e. The fourth-order valence-electron chi connectivity index (χ4n) is 1.18. The Hall–Kier alpha value is -0.220. The Labute approximate surface area is 99.6 Å². The van der Waals surface area contributed by atoms with E-state index < -0.39 is 11.0 Å². The Morgan fingerprint density at radius 3 is 2.20 bits per heavy atom. The van der Waals surface area contributed by atoms with Gasteiger partial charge in [-0.3, -0.25) is 0 Å². The predicted octanol–water partition coefficient (Wildman–Crippen LogP) is 4.96. The van der Waals surface area contributed by atoms with Gasteiger partial charge in [0.15, 0.2) is 0 Å². The molecule has 0 aromatic heterocycles. The first-order valence-corrected chi connectivity index (χ1v) is 5.50. The normalized spacial score (nSPS) is 14.1. The largest absolute Gasteiger partial charge is 0.405 e. The first-order chi connectivity index (χ1) is 6.73. The lowest BCUT2D eigenvalue weighted by atomic mass is 10.0. The molecule has 0 N–H and O–H groups in total. The Bertz CT molecular complexity index is 350. The number of benzene rings is 1. The van der Waals surface area contributed by atoms with Crippen molar-refractivity contribution in [1.29, 1.82) is 0 Å². The molecule has 0 aliphatic heterocycles. The summed E-state index contributed by atoms with van der Waals surface area (Å²) in [4.78, 5) is -1.67. The van der Waals surface area contributed by atoms with Crippen LogP contribution >= 0.6 is 27.5 Å². The summed E-state index contributed by atoms with van der Waals surface area (Å²) < 4.78 is 37.2. The average molecular weight is 302 g/mol. The molecule has 84 valence electrons. The van der Waals surface area contributed by atoms with E-state index in [1.807, 2.05) is 0 Å². The summed E-state index contributed by atoms with van der Waals surface area (Å²) in [7, 11) is 0. The molecular formula is C10H9BrClF3. The van der Waals surface area contributed by atoms with Crippen LogP contribution in [0.3, 0.4) is 0 Å². The fraction of sp³-hybridized carbons (Fsp3) is 0.400. The van der Waals surface area contributed by atoms with E-state index >= 15 is 0 Å². The van der Waals surface area contributed by atoms with Crippen molar-refractivity contribution in [1.82, 2.24) is 0 Å². The van der Waals surface area contributed by atoms with Crippen molar-refractivity contribution >= 4 is 27.5 Å². The molecule has 1 aromatic carbocycles. The molecule has 0 radical (unpaired) electrons. The number of alkyl halides is 4. The molecule has 0 heterocycles. The average Bonchev–Trinajstić information content (AvgIpc) is 2.10. The first kappa shape index (κ1) is 12.8. The van der Waals surface area contributed by atoms with Gasteiger partial charge in [0.1, 0.15) is 4.83 Å². The summed E-state index contributed by atoms with van der Waals surface area (Å²) in [6.07, 6.45) is -4.30. The van der Waals surface area contributed by atoms with E-state index in [2.05, 4.69) is 15.9 Å². The quantitative estimate of drug-likeness (QED) is 0.643. The van der Waals surface area contributed by atoms with Gasteiger partial charge in [-0.1, -0.05) is 33.6 Å². The van der Waals surface area contributed by atoms with Crippen LogP contribution in [0.15, 0.2) is 12.1 Å². The Morgan fingerprint density at radius 2 is 1.80 bits per heavy atom. The number of hydrogen-bond donors (Lipinski definition) is 0. The highest BCUT2D eigenvalue weighted by Crippen LogP contribution is 2.41. The van der Waals surface area contributed by atoms with Crippen LogP contribution in [0.2, 0.25) is 5.02 Å². The van der Waals surface area contributed by atoms with Crippen molar-refractivity contribution < 1.29 is 13.2 Å². The van der Waals surface area contributed by atoms with Gasteiger partial charge in [0, 0.05) is 5.02 Å². The van der Waals surface area contributed by atoms with Crippen LogP contribution < -0.4 is 0 Å². The molecule has 0 nitrogen and oxygen atoms in total.